The Bertz CT molecular complexity index is 565. The largest absolute Gasteiger partial charge is 0.396 e. The molecule has 3 rings (SSSR count). The zero-order valence-electron chi connectivity index (χ0n) is 10.0. The van der Waals surface area contributed by atoms with Gasteiger partial charge in [-0.1, -0.05) is 12.1 Å². The minimum absolute atomic E-state index is 0.112. The molecule has 0 radical (unpaired) electrons. The Morgan fingerprint density at radius 3 is 3.11 bits per heavy atom. The van der Waals surface area contributed by atoms with E-state index >= 15 is 0 Å². The maximum atomic E-state index is 13.2. The molecule has 0 amide bonds. The molecule has 2 aromatic rings. The molecule has 0 aliphatic carbocycles. The van der Waals surface area contributed by atoms with Gasteiger partial charge in [-0.25, -0.2) is 9.37 Å². The van der Waals surface area contributed by atoms with Gasteiger partial charge in [0.05, 0.1) is 12.3 Å². The van der Waals surface area contributed by atoms with Crippen molar-refractivity contribution in [2.45, 2.75) is 25.3 Å². The van der Waals surface area contributed by atoms with Crippen LogP contribution in [0.4, 0.5) is 4.39 Å². The van der Waals surface area contributed by atoms with Crippen molar-refractivity contribution in [1.29, 1.82) is 0 Å². The van der Waals surface area contributed by atoms with Crippen molar-refractivity contribution < 1.29 is 9.50 Å². The molecule has 1 aliphatic rings. The molecule has 0 saturated heterocycles. The first-order valence-electron chi connectivity index (χ1n) is 6.22. The highest BCUT2D eigenvalue weighted by molar-refractivity contribution is 5.58. The highest BCUT2D eigenvalue weighted by Gasteiger charge is 2.22. The number of hydrogen-bond acceptors (Lipinski definition) is 2. The normalized spacial score (nSPS) is 18.7. The van der Waals surface area contributed by atoms with Crippen LogP contribution in [-0.2, 0) is 6.54 Å². The summed E-state index contributed by atoms with van der Waals surface area (Å²) in [6, 6.07) is 6.45. The number of aliphatic hydroxyl groups excluding tert-OH is 1. The van der Waals surface area contributed by atoms with Gasteiger partial charge >= 0.3 is 0 Å². The van der Waals surface area contributed by atoms with Crippen LogP contribution in [0.1, 0.15) is 24.6 Å². The van der Waals surface area contributed by atoms with Gasteiger partial charge in [-0.15, -0.1) is 0 Å². The SMILES string of the molecule is OCC1CCCn2cc(-c3cccc(F)c3)nc21. The van der Waals surface area contributed by atoms with Crippen LogP contribution < -0.4 is 0 Å². The number of fused-ring (bicyclic) bond motifs is 1. The van der Waals surface area contributed by atoms with E-state index in [9.17, 15) is 9.50 Å². The number of hydrogen-bond donors (Lipinski definition) is 1. The number of aromatic nitrogens is 2. The van der Waals surface area contributed by atoms with Crippen LogP contribution in [0.25, 0.3) is 11.3 Å². The molecule has 1 atom stereocenters. The maximum Gasteiger partial charge on any atom is 0.123 e. The molecule has 1 N–H and O–H groups in total. The molecule has 1 aromatic heterocycles. The molecule has 18 heavy (non-hydrogen) atoms. The van der Waals surface area contributed by atoms with Crippen molar-refractivity contribution in [3.8, 4) is 11.3 Å². The van der Waals surface area contributed by atoms with Gasteiger partial charge in [0.25, 0.3) is 0 Å². The molecule has 1 unspecified atom stereocenters. The van der Waals surface area contributed by atoms with E-state index in [4.69, 9.17) is 0 Å². The summed E-state index contributed by atoms with van der Waals surface area (Å²) in [5.74, 6) is 0.779. The molecule has 0 fully saturated rings. The van der Waals surface area contributed by atoms with Crippen molar-refractivity contribution in [2.24, 2.45) is 0 Å². The summed E-state index contributed by atoms with van der Waals surface area (Å²) in [5.41, 5.74) is 1.57. The van der Waals surface area contributed by atoms with E-state index < -0.39 is 0 Å². The first-order valence-corrected chi connectivity index (χ1v) is 6.22. The minimum atomic E-state index is -0.253. The minimum Gasteiger partial charge on any atom is -0.396 e. The second-order valence-corrected chi connectivity index (χ2v) is 4.71. The third kappa shape index (κ3) is 1.93. The summed E-state index contributed by atoms with van der Waals surface area (Å²) >= 11 is 0. The summed E-state index contributed by atoms with van der Waals surface area (Å²) in [7, 11) is 0. The van der Waals surface area contributed by atoms with Gasteiger partial charge in [-0.3, -0.25) is 0 Å². The summed E-state index contributed by atoms with van der Waals surface area (Å²) < 4.78 is 15.3. The summed E-state index contributed by atoms with van der Waals surface area (Å²) in [5, 5.41) is 9.35. The fraction of sp³-hybridized carbons (Fsp3) is 0.357. The van der Waals surface area contributed by atoms with E-state index in [0.29, 0.717) is 0 Å². The Morgan fingerprint density at radius 1 is 1.44 bits per heavy atom. The smallest absolute Gasteiger partial charge is 0.123 e. The molecule has 3 nitrogen and oxygen atoms in total. The zero-order chi connectivity index (χ0) is 12.5. The maximum absolute atomic E-state index is 13.2. The highest BCUT2D eigenvalue weighted by Crippen LogP contribution is 2.29. The standard InChI is InChI=1S/C14H15FN2O/c15-12-5-1-3-10(7-12)13-8-17-6-2-4-11(9-18)14(17)16-13/h1,3,5,7-8,11,18H,2,4,6,9H2. The average Bonchev–Trinajstić information content (AvgIpc) is 2.82. The van der Waals surface area contributed by atoms with Crippen molar-refractivity contribution in [1.82, 2.24) is 9.55 Å². The monoisotopic (exact) mass is 246 g/mol. The van der Waals surface area contributed by atoms with E-state index in [2.05, 4.69) is 9.55 Å². The number of aliphatic hydroxyl groups is 1. The quantitative estimate of drug-likeness (QED) is 0.884. The molecule has 0 spiro atoms. The molecule has 2 heterocycles. The second kappa shape index (κ2) is 4.53. The van der Waals surface area contributed by atoms with Crippen LogP contribution in [-0.4, -0.2) is 21.3 Å². The number of aryl methyl sites for hydroxylation is 1. The van der Waals surface area contributed by atoms with Crippen LogP contribution in [0.15, 0.2) is 30.5 Å². The molecule has 1 aliphatic heterocycles. The van der Waals surface area contributed by atoms with Gasteiger partial charge in [0, 0.05) is 24.2 Å². The summed E-state index contributed by atoms with van der Waals surface area (Å²) in [6.07, 6.45) is 3.97. The van der Waals surface area contributed by atoms with E-state index in [1.54, 1.807) is 6.07 Å². The predicted molar refractivity (Wildman–Crippen MR) is 66.7 cm³/mol. The van der Waals surface area contributed by atoms with E-state index in [0.717, 1.165) is 36.5 Å². The summed E-state index contributed by atoms with van der Waals surface area (Å²) in [6.45, 7) is 1.05. The molecule has 1 aromatic carbocycles. The lowest BCUT2D eigenvalue weighted by atomic mass is 10.0. The molecular formula is C14H15FN2O. The third-order valence-electron chi connectivity index (χ3n) is 3.46. The molecule has 94 valence electrons. The third-order valence-corrected chi connectivity index (χ3v) is 3.46. The Balaban J connectivity index is 2.02. The van der Waals surface area contributed by atoms with Gasteiger partial charge in [-0.05, 0) is 25.0 Å². The van der Waals surface area contributed by atoms with Gasteiger partial charge in [0.15, 0.2) is 0 Å². The van der Waals surface area contributed by atoms with Crippen molar-refractivity contribution in [2.75, 3.05) is 6.61 Å². The van der Waals surface area contributed by atoms with Gasteiger partial charge in [-0.2, -0.15) is 0 Å². The number of nitrogens with zero attached hydrogens (tertiary/aromatic N) is 2. The first-order chi connectivity index (χ1) is 8.78. The molecule has 0 saturated carbocycles. The lowest BCUT2D eigenvalue weighted by Crippen LogP contribution is -2.18. The fourth-order valence-corrected chi connectivity index (χ4v) is 2.53. The Kier molecular flexibility index (Phi) is 2.88. The average molecular weight is 246 g/mol. The van der Waals surface area contributed by atoms with Gasteiger partial charge < -0.3 is 9.67 Å². The van der Waals surface area contributed by atoms with Crippen LogP contribution in [0, 0.1) is 5.82 Å². The van der Waals surface area contributed by atoms with E-state index in [1.807, 2.05) is 12.3 Å². The Hall–Kier alpha value is -1.68. The highest BCUT2D eigenvalue weighted by atomic mass is 19.1. The second-order valence-electron chi connectivity index (χ2n) is 4.71. The number of halogens is 1. The Labute approximate surface area is 105 Å². The van der Waals surface area contributed by atoms with E-state index in [1.165, 1.54) is 12.1 Å². The lowest BCUT2D eigenvalue weighted by Gasteiger charge is -2.21. The summed E-state index contributed by atoms with van der Waals surface area (Å²) in [4.78, 5) is 4.55. The van der Waals surface area contributed by atoms with Crippen LogP contribution in [0.2, 0.25) is 0 Å². The van der Waals surface area contributed by atoms with E-state index in [-0.39, 0.29) is 18.3 Å². The van der Waals surface area contributed by atoms with Crippen molar-refractivity contribution in [3.63, 3.8) is 0 Å². The van der Waals surface area contributed by atoms with Crippen molar-refractivity contribution >= 4 is 0 Å². The lowest BCUT2D eigenvalue weighted by molar-refractivity contribution is 0.238. The number of benzene rings is 1. The molecule has 0 bridgehead atoms. The fourth-order valence-electron chi connectivity index (χ4n) is 2.53. The zero-order valence-corrected chi connectivity index (χ0v) is 10.0. The Morgan fingerprint density at radius 2 is 2.33 bits per heavy atom. The van der Waals surface area contributed by atoms with Crippen LogP contribution >= 0.6 is 0 Å². The van der Waals surface area contributed by atoms with Crippen LogP contribution in [0.5, 0.6) is 0 Å². The van der Waals surface area contributed by atoms with Gasteiger partial charge in [0.1, 0.15) is 11.6 Å². The van der Waals surface area contributed by atoms with Crippen LogP contribution in [0.3, 0.4) is 0 Å². The van der Waals surface area contributed by atoms with Gasteiger partial charge in [0.2, 0.25) is 0 Å². The first kappa shape index (κ1) is 11.4. The predicted octanol–water partition coefficient (Wildman–Crippen LogP) is 2.56. The molecular weight excluding hydrogens is 231 g/mol. The molecule has 4 heteroatoms. The number of rotatable bonds is 2. The topological polar surface area (TPSA) is 38.0 Å². The van der Waals surface area contributed by atoms with Crippen molar-refractivity contribution in [3.05, 3.63) is 42.1 Å². The number of imidazole rings is 1.